The first-order valence-corrected chi connectivity index (χ1v) is 15.6. The van der Waals surface area contributed by atoms with Crippen LogP contribution in [0.1, 0.15) is 69.7 Å². The molecule has 1 unspecified atom stereocenters. The lowest BCUT2D eigenvalue weighted by molar-refractivity contribution is -0.123. The first-order valence-electron chi connectivity index (χ1n) is 15.6. The van der Waals surface area contributed by atoms with Gasteiger partial charge < -0.3 is 9.80 Å². The summed E-state index contributed by atoms with van der Waals surface area (Å²) in [5.74, 6) is 0.366. The van der Waals surface area contributed by atoms with Gasteiger partial charge in [-0.1, -0.05) is 74.7 Å². The fourth-order valence-electron chi connectivity index (χ4n) is 6.23. The van der Waals surface area contributed by atoms with E-state index in [0.29, 0.717) is 17.9 Å². The lowest BCUT2D eigenvalue weighted by Crippen LogP contribution is -2.47. The molecule has 2 amide bonds. The molecule has 0 fully saturated rings. The third kappa shape index (κ3) is 5.62. The van der Waals surface area contributed by atoms with E-state index in [-0.39, 0.29) is 24.4 Å². The van der Waals surface area contributed by atoms with Gasteiger partial charge in [0, 0.05) is 30.0 Å². The average Bonchev–Trinajstić information content (AvgIpc) is 3.63. The Morgan fingerprint density at radius 3 is 2.41 bits per heavy atom. The Hall–Kier alpha value is -4.79. The highest BCUT2D eigenvalue weighted by molar-refractivity contribution is 6.07. The summed E-state index contributed by atoms with van der Waals surface area (Å²) < 4.78 is 2.06. The number of carbonyl (C=O) groups excluding carboxylic acids is 2. The van der Waals surface area contributed by atoms with Gasteiger partial charge in [-0.2, -0.15) is 5.10 Å². The number of aromatic amines is 1. The van der Waals surface area contributed by atoms with Crippen LogP contribution in [0, 0.1) is 0 Å². The molecule has 44 heavy (non-hydrogen) atoms. The highest BCUT2D eigenvalue weighted by Gasteiger charge is 2.39. The van der Waals surface area contributed by atoms with E-state index in [2.05, 4.69) is 31.9 Å². The van der Waals surface area contributed by atoms with Crippen LogP contribution in [0.4, 0.5) is 11.4 Å². The van der Waals surface area contributed by atoms with Gasteiger partial charge in [0.25, 0.3) is 0 Å². The Bertz CT molecular complexity index is 1760. The van der Waals surface area contributed by atoms with E-state index in [1.807, 2.05) is 92.7 Å². The standard InChI is InChI=1S/C35H39N7O2/c1-4-5-6-10-21-32-38-39-34-27(22-29-26-17-11-12-18-28(26)36-37-29)35(44)40(30-19-13-14-20-31(30)42(32)34)23-33(43)41(24(2)3)25-15-8-7-9-16-25/h7-9,11-20,24,27H,4-6,10,21-23H2,1-3H3,(H,36,37). The molecule has 5 aromatic rings. The number of hydrogen-bond donors (Lipinski definition) is 1. The molecule has 1 aliphatic rings. The molecule has 6 rings (SSSR count). The minimum absolute atomic E-state index is 0.0946. The second-order valence-corrected chi connectivity index (χ2v) is 11.7. The lowest BCUT2D eigenvalue weighted by atomic mass is 9.98. The Balaban J connectivity index is 1.44. The second kappa shape index (κ2) is 12.8. The summed E-state index contributed by atoms with van der Waals surface area (Å²) in [7, 11) is 0. The molecule has 2 aromatic heterocycles. The zero-order chi connectivity index (χ0) is 30.6. The molecule has 1 atom stereocenters. The Morgan fingerprint density at radius 2 is 1.64 bits per heavy atom. The minimum Gasteiger partial charge on any atom is -0.308 e. The van der Waals surface area contributed by atoms with Gasteiger partial charge in [-0.25, -0.2) is 0 Å². The summed E-state index contributed by atoms with van der Waals surface area (Å²) in [5, 5.41) is 18.0. The van der Waals surface area contributed by atoms with Crippen molar-refractivity contribution in [2.24, 2.45) is 0 Å². The summed E-state index contributed by atoms with van der Waals surface area (Å²) in [5.41, 5.74) is 3.97. The average molecular weight is 590 g/mol. The molecule has 0 spiro atoms. The Kier molecular flexibility index (Phi) is 8.54. The van der Waals surface area contributed by atoms with Gasteiger partial charge in [-0.05, 0) is 50.6 Å². The topological polar surface area (TPSA) is 100 Å². The van der Waals surface area contributed by atoms with Crippen LogP contribution in [0.5, 0.6) is 0 Å². The van der Waals surface area contributed by atoms with Crippen molar-refractivity contribution in [3.05, 3.63) is 96.2 Å². The number of nitrogens with one attached hydrogen (secondary N) is 1. The number of hydrogen-bond acceptors (Lipinski definition) is 5. The molecule has 0 bridgehead atoms. The number of nitrogens with zero attached hydrogens (tertiary/aromatic N) is 6. The van der Waals surface area contributed by atoms with E-state index in [9.17, 15) is 9.59 Å². The number of benzene rings is 3. The molecule has 0 aliphatic carbocycles. The number of carbonyl (C=O) groups is 2. The molecule has 3 aromatic carbocycles. The van der Waals surface area contributed by atoms with Crippen LogP contribution in [0.3, 0.4) is 0 Å². The number of aryl methyl sites for hydroxylation is 1. The predicted octanol–water partition coefficient (Wildman–Crippen LogP) is 6.38. The third-order valence-electron chi connectivity index (χ3n) is 8.36. The van der Waals surface area contributed by atoms with Crippen LogP contribution in [0.15, 0.2) is 78.9 Å². The van der Waals surface area contributed by atoms with Gasteiger partial charge >= 0.3 is 0 Å². The van der Waals surface area contributed by atoms with Crippen LogP contribution in [-0.4, -0.2) is 49.4 Å². The summed E-state index contributed by atoms with van der Waals surface area (Å²) in [4.78, 5) is 32.2. The molecule has 3 heterocycles. The summed E-state index contributed by atoms with van der Waals surface area (Å²) >= 11 is 0. The van der Waals surface area contributed by atoms with Gasteiger partial charge in [0.15, 0.2) is 5.82 Å². The van der Waals surface area contributed by atoms with Crippen molar-refractivity contribution in [3.63, 3.8) is 0 Å². The number of rotatable bonds is 11. The maximum absolute atomic E-state index is 14.7. The number of H-pyrrole nitrogens is 1. The first kappa shape index (κ1) is 29.3. The third-order valence-corrected chi connectivity index (χ3v) is 8.36. The van der Waals surface area contributed by atoms with E-state index in [1.54, 1.807) is 9.80 Å². The maximum Gasteiger partial charge on any atom is 0.247 e. The number of amides is 2. The van der Waals surface area contributed by atoms with Crippen LogP contribution in [0.2, 0.25) is 0 Å². The van der Waals surface area contributed by atoms with E-state index in [1.165, 1.54) is 0 Å². The van der Waals surface area contributed by atoms with Crippen molar-refractivity contribution in [3.8, 4) is 5.69 Å². The van der Waals surface area contributed by atoms with Crippen LogP contribution >= 0.6 is 0 Å². The highest BCUT2D eigenvalue weighted by atomic mass is 16.2. The molecule has 1 N–H and O–H groups in total. The smallest absolute Gasteiger partial charge is 0.247 e. The van der Waals surface area contributed by atoms with Crippen molar-refractivity contribution >= 4 is 34.1 Å². The maximum atomic E-state index is 14.7. The van der Waals surface area contributed by atoms with Crippen molar-refractivity contribution in [2.45, 2.75) is 71.3 Å². The monoisotopic (exact) mass is 589 g/mol. The largest absolute Gasteiger partial charge is 0.308 e. The molecule has 9 heteroatoms. The van der Waals surface area contributed by atoms with Gasteiger partial charge in [0.2, 0.25) is 11.8 Å². The molecular formula is C35H39N7O2. The van der Waals surface area contributed by atoms with Crippen molar-refractivity contribution in [2.75, 3.05) is 16.3 Å². The quantitative estimate of drug-likeness (QED) is 0.180. The minimum atomic E-state index is -0.692. The fraction of sp³-hybridized carbons (Fsp3) is 0.343. The SMILES string of the molecule is CCCCCCc1nnc2n1-c1ccccc1N(CC(=O)N(c1ccccc1)C(C)C)C(=O)C2Cc1n[nH]c2ccccc12. The number of para-hydroxylation sites is 4. The number of aromatic nitrogens is 5. The fourth-order valence-corrected chi connectivity index (χ4v) is 6.23. The molecule has 0 radical (unpaired) electrons. The van der Waals surface area contributed by atoms with Crippen molar-refractivity contribution in [1.29, 1.82) is 0 Å². The Labute approximate surface area is 257 Å². The summed E-state index contributed by atoms with van der Waals surface area (Å²) in [6, 6.07) is 25.2. The van der Waals surface area contributed by atoms with E-state index in [0.717, 1.165) is 65.9 Å². The highest BCUT2D eigenvalue weighted by Crippen LogP contribution is 2.37. The number of fused-ring (bicyclic) bond motifs is 4. The van der Waals surface area contributed by atoms with Crippen molar-refractivity contribution in [1.82, 2.24) is 25.0 Å². The van der Waals surface area contributed by atoms with Crippen LogP contribution in [0.25, 0.3) is 16.6 Å². The number of anilines is 2. The molecule has 0 saturated carbocycles. The normalized spacial score (nSPS) is 14.5. The molecular weight excluding hydrogens is 550 g/mol. The van der Waals surface area contributed by atoms with Crippen molar-refractivity contribution < 1.29 is 9.59 Å². The van der Waals surface area contributed by atoms with E-state index >= 15 is 0 Å². The van der Waals surface area contributed by atoms with E-state index in [4.69, 9.17) is 0 Å². The molecule has 9 nitrogen and oxygen atoms in total. The molecule has 0 saturated heterocycles. The Morgan fingerprint density at radius 1 is 0.909 bits per heavy atom. The first-order chi connectivity index (χ1) is 21.5. The van der Waals surface area contributed by atoms with E-state index < -0.39 is 5.92 Å². The van der Waals surface area contributed by atoms with Crippen LogP contribution < -0.4 is 9.80 Å². The van der Waals surface area contributed by atoms with Gasteiger partial charge in [-0.15, -0.1) is 10.2 Å². The second-order valence-electron chi connectivity index (χ2n) is 11.7. The van der Waals surface area contributed by atoms with Crippen LogP contribution in [-0.2, 0) is 22.4 Å². The molecule has 226 valence electrons. The predicted molar refractivity (Wildman–Crippen MR) is 173 cm³/mol. The molecule has 1 aliphatic heterocycles. The van der Waals surface area contributed by atoms with Gasteiger partial charge in [-0.3, -0.25) is 19.3 Å². The van der Waals surface area contributed by atoms with Gasteiger partial charge in [0.1, 0.15) is 18.3 Å². The summed E-state index contributed by atoms with van der Waals surface area (Å²) in [6.07, 6.45) is 5.47. The lowest BCUT2D eigenvalue weighted by Gasteiger charge is -2.31. The number of unbranched alkanes of at least 4 members (excludes halogenated alkanes) is 3. The summed E-state index contributed by atoms with van der Waals surface area (Å²) in [6.45, 7) is 6.06. The zero-order valence-electron chi connectivity index (χ0n) is 25.6. The zero-order valence-corrected chi connectivity index (χ0v) is 25.6. The van der Waals surface area contributed by atoms with Gasteiger partial charge in [0.05, 0.1) is 22.6 Å².